The van der Waals surface area contributed by atoms with Crippen LogP contribution in [0.25, 0.3) is 6.08 Å². The van der Waals surface area contributed by atoms with Crippen molar-refractivity contribution in [2.24, 2.45) is 0 Å². The Bertz CT molecular complexity index is 956. The normalized spacial score (nSPS) is 15.3. The Hall–Kier alpha value is -3.39. The molecule has 0 bridgehead atoms. The van der Waals surface area contributed by atoms with Gasteiger partial charge in [0.25, 0.3) is 11.1 Å². The number of para-hydroxylation sites is 1. The van der Waals surface area contributed by atoms with Gasteiger partial charge >= 0.3 is 5.97 Å². The Kier molecular flexibility index (Phi) is 5.37. The molecule has 1 saturated heterocycles. The van der Waals surface area contributed by atoms with E-state index in [1.54, 1.807) is 42.5 Å². The predicted octanol–water partition coefficient (Wildman–Crippen LogP) is 3.06. The van der Waals surface area contributed by atoms with Crippen LogP contribution in [0.1, 0.15) is 15.9 Å². The second-order valence-electron chi connectivity index (χ2n) is 5.61. The molecule has 8 heteroatoms. The molecule has 3 amide bonds. The smallest absolute Gasteiger partial charge is 0.335 e. The molecule has 2 aromatic carbocycles. The minimum absolute atomic E-state index is 0.0743. The van der Waals surface area contributed by atoms with Gasteiger partial charge in [0.1, 0.15) is 6.54 Å². The highest BCUT2D eigenvalue weighted by molar-refractivity contribution is 8.18. The van der Waals surface area contributed by atoms with Crippen molar-refractivity contribution in [3.63, 3.8) is 0 Å². The third-order valence-electron chi connectivity index (χ3n) is 3.66. The summed E-state index contributed by atoms with van der Waals surface area (Å²) in [4.78, 5) is 48.7. The van der Waals surface area contributed by atoms with Gasteiger partial charge in [-0.25, -0.2) is 4.79 Å². The molecule has 0 aliphatic carbocycles. The third kappa shape index (κ3) is 4.42. The van der Waals surface area contributed by atoms with E-state index >= 15 is 0 Å². The quantitative estimate of drug-likeness (QED) is 0.771. The molecule has 0 atom stereocenters. The monoisotopic (exact) mass is 382 g/mol. The van der Waals surface area contributed by atoms with Crippen LogP contribution < -0.4 is 5.32 Å². The van der Waals surface area contributed by atoms with Crippen molar-refractivity contribution < 1.29 is 24.3 Å². The number of amides is 3. The van der Waals surface area contributed by atoms with Crippen molar-refractivity contribution in [3.05, 3.63) is 70.6 Å². The van der Waals surface area contributed by atoms with E-state index in [9.17, 15) is 19.2 Å². The molecule has 2 aromatic rings. The zero-order valence-electron chi connectivity index (χ0n) is 13.9. The molecular weight excluding hydrogens is 368 g/mol. The van der Waals surface area contributed by atoms with E-state index < -0.39 is 29.6 Å². The summed E-state index contributed by atoms with van der Waals surface area (Å²) in [7, 11) is 0. The number of nitrogens with zero attached hydrogens (tertiary/aromatic N) is 1. The molecule has 0 spiro atoms. The number of thioether (sulfide) groups is 1. The zero-order chi connectivity index (χ0) is 19.4. The second kappa shape index (κ2) is 7.88. The molecule has 0 aromatic heterocycles. The highest BCUT2D eigenvalue weighted by Gasteiger charge is 2.36. The van der Waals surface area contributed by atoms with Crippen LogP contribution in [0.5, 0.6) is 0 Å². The van der Waals surface area contributed by atoms with Crippen LogP contribution in [-0.2, 0) is 9.59 Å². The molecule has 136 valence electrons. The molecule has 27 heavy (non-hydrogen) atoms. The Morgan fingerprint density at radius 2 is 1.81 bits per heavy atom. The molecule has 3 rings (SSSR count). The minimum atomic E-state index is -1.09. The summed E-state index contributed by atoms with van der Waals surface area (Å²) in [6.07, 6.45) is 1.44. The fourth-order valence-corrected chi connectivity index (χ4v) is 3.25. The van der Waals surface area contributed by atoms with Crippen LogP contribution in [0, 0.1) is 0 Å². The van der Waals surface area contributed by atoms with Gasteiger partial charge in [0.2, 0.25) is 5.91 Å². The van der Waals surface area contributed by atoms with Gasteiger partial charge in [0, 0.05) is 5.69 Å². The maximum Gasteiger partial charge on any atom is 0.335 e. The van der Waals surface area contributed by atoms with Gasteiger partial charge in [-0.05, 0) is 47.7 Å². The lowest BCUT2D eigenvalue weighted by Gasteiger charge is -2.12. The number of imide groups is 1. The lowest BCUT2D eigenvalue weighted by atomic mass is 10.1. The van der Waals surface area contributed by atoms with E-state index in [2.05, 4.69) is 5.32 Å². The second-order valence-corrected chi connectivity index (χ2v) is 6.61. The van der Waals surface area contributed by atoms with Crippen molar-refractivity contribution in [3.8, 4) is 0 Å². The molecule has 1 heterocycles. The molecule has 1 fully saturated rings. The number of aromatic carboxylic acids is 1. The summed E-state index contributed by atoms with van der Waals surface area (Å²) < 4.78 is 0. The largest absolute Gasteiger partial charge is 0.478 e. The first-order valence-corrected chi connectivity index (χ1v) is 8.69. The summed E-state index contributed by atoms with van der Waals surface area (Å²) in [6, 6.07) is 14.7. The van der Waals surface area contributed by atoms with E-state index in [4.69, 9.17) is 5.11 Å². The number of anilines is 1. The Morgan fingerprint density at radius 1 is 1.07 bits per heavy atom. The van der Waals surface area contributed by atoms with Gasteiger partial charge in [-0.1, -0.05) is 30.3 Å². The van der Waals surface area contributed by atoms with Crippen LogP contribution >= 0.6 is 11.8 Å². The first-order valence-electron chi connectivity index (χ1n) is 7.87. The topological polar surface area (TPSA) is 104 Å². The number of rotatable bonds is 5. The van der Waals surface area contributed by atoms with E-state index in [1.165, 1.54) is 18.2 Å². The lowest BCUT2D eigenvalue weighted by Crippen LogP contribution is -2.36. The highest BCUT2D eigenvalue weighted by Crippen LogP contribution is 2.32. The standard InChI is InChI=1S/C19H14N2O5S/c22-16(20-14-7-2-1-3-8-14)11-21-17(23)15(27-19(21)26)10-12-5-4-6-13(9-12)18(24)25/h1-10H,11H2,(H,20,22)(H,24,25). The van der Waals surface area contributed by atoms with Crippen molar-refractivity contribution in [1.29, 1.82) is 0 Å². The van der Waals surface area contributed by atoms with Crippen molar-refractivity contribution in [2.75, 3.05) is 11.9 Å². The average Bonchev–Trinajstić information content (AvgIpc) is 2.90. The molecule has 2 N–H and O–H groups in total. The molecule has 1 aliphatic heterocycles. The highest BCUT2D eigenvalue weighted by atomic mass is 32.2. The first kappa shape index (κ1) is 18.4. The van der Waals surface area contributed by atoms with Crippen LogP contribution in [0.3, 0.4) is 0 Å². The van der Waals surface area contributed by atoms with Crippen LogP contribution in [-0.4, -0.2) is 39.6 Å². The predicted molar refractivity (Wildman–Crippen MR) is 101 cm³/mol. The molecule has 0 radical (unpaired) electrons. The average molecular weight is 382 g/mol. The minimum Gasteiger partial charge on any atom is -0.478 e. The van der Waals surface area contributed by atoms with Crippen LogP contribution in [0.2, 0.25) is 0 Å². The summed E-state index contributed by atoms with van der Waals surface area (Å²) in [5.41, 5.74) is 1.12. The lowest BCUT2D eigenvalue weighted by molar-refractivity contribution is -0.127. The number of nitrogens with one attached hydrogen (secondary N) is 1. The summed E-state index contributed by atoms with van der Waals surface area (Å²) in [5, 5.41) is 11.1. The van der Waals surface area contributed by atoms with Gasteiger partial charge in [0.15, 0.2) is 0 Å². The number of carbonyl (C=O) groups is 4. The summed E-state index contributed by atoms with van der Waals surface area (Å²) >= 11 is 0.710. The third-order valence-corrected chi connectivity index (χ3v) is 4.57. The summed E-state index contributed by atoms with van der Waals surface area (Å²) in [6.45, 7) is -0.397. The number of benzene rings is 2. The molecule has 1 aliphatic rings. The Morgan fingerprint density at radius 3 is 2.52 bits per heavy atom. The van der Waals surface area contributed by atoms with Crippen molar-refractivity contribution >= 4 is 46.5 Å². The maximum atomic E-state index is 12.4. The first-order chi connectivity index (χ1) is 12.9. The fourth-order valence-electron chi connectivity index (χ4n) is 2.41. The zero-order valence-corrected chi connectivity index (χ0v) is 14.7. The fraction of sp³-hybridized carbons (Fsp3) is 0.0526. The number of carboxylic acid groups (broad SMARTS) is 1. The van der Waals surface area contributed by atoms with Crippen molar-refractivity contribution in [2.45, 2.75) is 0 Å². The molecule has 0 unspecified atom stereocenters. The molecule has 7 nitrogen and oxygen atoms in total. The molecule has 0 saturated carbocycles. The van der Waals surface area contributed by atoms with Gasteiger partial charge < -0.3 is 10.4 Å². The Balaban J connectivity index is 1.72. The summed E-state index contributed by atoms with van der Waals surface area (Å²) in [5.74, 6) is -2.16. The van der Waals surface area contributed by atoms with Gasteiger partial charge in [-0.2, -0.15) is 0 Å². The number of hydrogen-bond donors (Lipinski definition) is 2. The van der Waals surface area contributed by atoms with E-state index in [-0.39, 0.29) is 10.5 Å². The van der Waals surface area contributed by atoms with Crippen LogP contribution in [0.15, 0.2) is 59.5 Å². The maximum absolute atomic E-state index is 12.4. The molecular formula is C19H14N2O5S. The van der Waals surface area contributed by atoms with E-state index in [1.807, 2.05) is 0 Å². The van der Waals surface area contributed by atoms with Gasteiger partial charge in [0.05, 0.1) is 10.5 Å². The SMILES string of the molecule is O=C(CN1C(=O)SC(=Cc2cccc(C(=O)O)c2)C1=O)Nc1ccccc1. The van der Waals surface area contributed by atoms with Gasteiger partial charge in [-0.3, -0.25) is 19.3 Å². The van der Waals surface area contributed by atoms with E-state index in [0.717, 1.165) is 4.90 Å². The number of carboxylic acids is 1. The van der Waals surface area contributed by atoms with Crippen LogP contribution in [0.4, 0.5) is 10.5 Å². The number of carbonyl (C=O) groups excluding carboxylic acids is 3. The Labute approximate surface area is 158 Å². The number of hydrogen-bond acceptors (Lipinski definition) is 5. The van der Waals surface area contributed by atoms with Crippen molar-refractivity contribution in [1.82, 2.24) is 4.90 Å². The van der Waals surface area contributed by atoms with E-state index in [0.29, 0.717) is 23.0 Å². The van der Waals surface area contributed by atoms with Gasteiger partial charge in [-0.15, -0.1) is 0 Å².